The first-order valence-electron chi connectivity index (χ1n) is 8.31. The highest BCUT2D eigenvalue weighted by molar-refractivity contribution is 5.80. The topological polar surface area (TPSA) is 41.6 Å². The lowest BCUT2D eigenvalue weighted by Crippen LogP contribution is -2.55. The van der Waals surface area contributed by atoms with Gasteiger partial charge in [0.15, 0.2) is 0 Å². The molecular formula is C17H34N2O2. The van der Waals surface area contributed by atoms with E-state index in [2.05, 4.69) is 37.9 Å². The molecule has 1 aliphatic heterocycles. The molecule has 2 atom stereocenters. The SMILES string of the molecule is CCCNC(C)(CC(C)N1CCCC(C)(C)C1)C(=O)OC. The van der Waals surface area contributed by atoms with Crippen molar-refractivity contribution in [1.29, 1.82) is 0 Å². The minimum absolute atomic E-state index is 0.154. The molecule has 0 aromatic rings. The normalized spacial score (nSPS) is 23.3. The van der Waals surface area contributed by atoms with Crippen LogP contribution in [-0.2, 0) is 9.53 Å². The van der Waals surface area contributed by atoms with E-state index in [1.165, 1.54) is 20.0 Å². The minimum atomic E-state index is -0.592. The second kappa shape index (κ2) is 7.59. The Kier molecular flexibility index (Phi) is 6.67. The Morgan fingerprint density at radius 3 is 2.67 bits per heavy atom. The average Bonchev–Trinajstić information content (AvgIpc) is 2.43. The lowest BCUT2D eigenvalue weighted by Gasteiger charge is -2.43. The fraction of sp³-hybridized carbons (Fsp3) is 0.941. The predicted octanol–water partition coefficient (Wildman–Crippen LogP) is 2.82. The summed E-state index contributed by atoms with van der Waals surface area (Å²) in [6.07, 6.45) is 4.33. The number of piperidine rings is 1. The van der Waals surface area contributed by atoms with Gasteiger partial charge in [-0.2, -0.15) is 0 Å². The van der Waals surface area contributed by atoms with E-state index in [-0.39, 0.29) is 5.97 Å². The highest BCUT2D eigenvalue weighted by atomic mass is 16.5. The van der Waals surface area contributed by atoms with Gasteiger partial charge in [-0.15, -0.1) is 0 Å². The fourth-order valence-electron chi connectivity index (χ4n) is 3.42. The van der Waals surface area contributed by atoms with Crippen molar-refractivity contribution in [2.45, 2.75) is 71.9 Å². The Morgan fingerprint density at radius 2 is 2.14 bits per heavy atom. The summed E-state index contributed by atoms with van der Waals surface area (Å²) in [5.41, 5.74) is -0.212. The van der Waals surface area contributed by atoms with Crippen LogP contribution in [0, 0.1) is 5.41 Å². The van der Waals surface area contributed by atoms with E-state index in [1.54, 1.807) is 0 Å². The molecule has 4 heteroatoms. The molecule has 124 valence electrons. The fourth-order valence-corrected chi connectivity index (χ4v) is 3.42. The summed E-state index contributed by atoms with van der Waals surface area (Å²) >= 11 is 0. The van der Waals surface area contributed by atoms with Gasteiger partial charge in [0.1, 0.15) is 5.54 Å². The van der Waals surface area contributed by atoms with E-state index in [0.29, 0.717) is 11.5 Å². The molecule has 4 nitrogen and oxygen atoms in total. The molecule has 0 aliphatic carbocycles. The van der Waals surface area contributed by atoms with Crippen LogP contribution in [0.25, 0.3) is 0 Å². The number of esters is 1. The quantitative estimate of drug-likeness (QED) is 0.734. The molecule has 1 fully saturated rings. The Labute approximate surface area is 130 Å². The van der Waals surface area contributed by atoms with E-state index < -0.39 is 5.54 Å². The Morgan fingerprint density at radius 1 is 1.48 bits per heavy atom. The van der Waals surface area contributed by atoms with E-state index >= 15 is 0 Å². The van der Waals surface area contributed by atoms with Gasteiger partial charge in [0.2, 0.25) is 0 Å². The van der Waals surface area contributed by atoms with Crippen LogP contribution in [0.2, 0.25) is 0 Å². The van der Waals surface area contributed by atoms with Crippen LogP contribution in [0.15, 0.2) is 0 Å². The molecule has 1 aliphatic rings. The molecule has 0 aromatic carbocycles. The highest BCUT2D eigenvalue weighted by Crippen LogP contribution is 2.31. The van der Waals surface area contributed by atoms with Crippen molar-refractivity contribution in [3.63, 3.8) is 0 Å². The first kappa shape index (κ1) is 18.4. The second-order valence-corrected chi connectivity index (χ2v) is 7.54. The lowest BCUT2D eigenvalue weighted by atomic mass is 9.82. The molecule has 0 radical (unpaired) electrons. The van der Waals surface area contributed by atoms with Crippen molar-refractivity contribution in [3.8, 4) is 0 Å². The summed E-state index contributed by atoms with van der Waals surface area (Å²) in [6.45, 7) is 14.1. The van der Waals surface area contributed by atoms with Crippen molar-refractivity contribution < 1.29 is 9.53 Å². The van der Waals surface area contributed by atoms with Crippen LogP contribution in [0.4, 0.5) is 0 Å². The maximum Gasteiger partial charge on any atom is 0.325 e. The maximum atomic E-state index is 12.2. The van der Waals surface area contributed by atoms with Crippen LogP contribution in [0.3, 0.4) is 0 Å². The first-order chi connectivity index (χ1) is 9.74. The van der Waals surface area contributed by atoms with Gasteiger partial charge in [-0.3, -0.25) is 4.79 Å². The zero-order chi connectivity index (χ0) is 16.1. The zero-order valence-electron chi connectivity index (χ0n) is 14.8. The molecule has 1 heterocycles. The number of carbonyl (C=O) groups is 1. The molecule has 0 saturated carbocycles. The molecule has 0 bridgehead atoms. The summed E-state index contributed by atoms with van der Waals surface area (Å²) in [6, 6.07) is 0.373. The van der Waals surface area contributed by atoms with Gasteiger partial charge in [-0.1, -0.05) is 20.8 Å². The van der Waals surface area contributed by atoms with E-state index in [1.807, 2.05) is 6.92 Å². The summed E-state index contributed by atoms with van der Waals surface area (Å²) < 4.78 is 5.02. The molecule has 21 heavy (non-hydrogen) atoms. The van der Waals surface area contributed by atoms with Crippen LogP contribution < -0.4 is 5.32 Å². The largest absolute Gasteiger partial charge is 0.468 e. The van der Waals surface area contributed by atoms with E-state index in [9.17, 15) is 4.79 Å². The van der Waals surface area contributed by atoms with Gasteiger partial charge in [0.25, 0.3) is 0 Å². The van der Waals surface area contributed by atoms with Crippen molar-refractivity contribution >= 4 is 5.97 Å². The molecular weight excluding hydrogens is 264 g/mol. The van der Waals surface area contributed by atoms with Gasteiger partial charge in [0, 0.05) is 12.6 Å². The van der Waals surface area contributed by atoms with Gasteiger partial charge in [-0.05, 0) is 58.0 Å². The number of likely N-dealkylation sites (tertiary alicyclic amines) is 1. The smallest absolute Gasteiger partial charge is 0.325 e. The Bertz CT molecular complexity index is 344. The van der Waals surface area contributed by atoms with Gasteiger partial charge in [0.05, 0.1) is 7.11 Å². The molecule has 1 rings (SSSR count). The molecule has 2 unspecified atom stereocenters. The molecule has 0 aromatic heterocycles. The summed E-state index contributed by atoms with van der Waals surface area (Å²) in [5.74, 6) is -0.154. The Balaban J connectivity index is 2.71. The summed E-state index contributed by atoms with van der Waals surface area (Å²) in [7, 11) is 1.48. The van der Waals surface area contributed by atoms with E-state index in [4.69, 9.17) is 4.74 Å². The first-order valence-corrected chi connectivity index (χ1v) is 8.31. The van der Waals surface area contributed by atoms with Gasteiger partial charge < -0.3 is 15.0 Å². The number of methoxy groups -OCH3 is 1. The predicted molar refractivity (Wildman–Crippen MR) is 87.4 cm³/mol. The molecule has 1 saturated heterocycles. The number of carbonyl (C=O) groups excluding carboxylic acids is 1. The van der Waals surface area contributed by atoms with Crippen LogP contribution in [-0.4, -0.2) is 49.2 Å². The monoisotopic (exact) mass is 298 g/mol. The number of nitrogens with one attached hydrogen (secondary N) is 1. The van der Waals surface area contributed by atoms with E-state index in [0.717, 1.165) is 32.5 Å². The number of hydrogen-bond donors (Lipinski definition) is 1. The van der Waals surface area contributed by atoms with Crippen molar-refractivity contribution in [3.05, 3.63) is 0 Å². The van der Waals surface area contributed by atoms with Crippen LogP contribution >= 0.6 is 0 Å². The van der Waals surface area contributed by atoms with Crippen LogP contribution in [0.5, 0.6) is 0 Å². The third-order valence-electron chi connectivity index (χ3n) is 4.66. The number of nitrogens with zero attached hydrogens (tertiary/aromatic N) is 1. The van der Waals surface area contributed by atoms with Gasteiger partial charge >= 0.3 is 5.97 Å². The Hall–Kier alpha value is -0.610. The second-order valence-electron chi connectivity index (χ2n) is 7.54. The summed E-state index contributed by atoms with van der Waals surface area (Å²) in [5, 5.41) is 3.39. The van der Waals surface area contributed by atoms with Crippen molar-refractivity contribution in [2.75, 3.05) is 26.7 Å². The van der Waals surface area contributed by atoms with Crippen molar-refractivity contribution in [1.82, 2.24) is 10.2 Å². The maximum absolute atomic E-state index is 12.2. The average molecular weight is 298 g/mol. The van der Waals surface area contributed by atoms with Crippen molar-refractivity contribution in [2.24, 2.45) is 5.41 Å². The number of rotatable bonds is 7. The van der Waals surface area contributed by atoms with Crippen LogP contribution in [0.1, 0.15) is 60.3 Å². The van der Waals surface area contributed by atoms with Gasteiger partial charge in [-0.25, -0.2) is 0 Å². The standard InChI is InChI=1S/C17H34N2O2/c1-7-10-18-17(5,15(20)21-6)12-14(2)19-11-8-9-16(3,4)13-19/h14,18H,7-13H2,1-6H3. The third-order valence-corrected chi connectivity index (χ3v) is 4.66. The zero-order valence-corrected chi connectivity index (χ0v) is 14.8. The third kappa shape index (κ3) is 5.26. The number of hydrogen-bond acceptors (Lipinski definition) is 4. The minimum Gasteiger partial charge on any atom is -0.468 e. The summed E-state index contributed by atoms with van der Waals surface area (Å²) in [4.78, 5) is 14.7. The molecule has 1 N–H and O–H groups in total. The molecule has 0 spiro atoms. The molecule has 0 amide bonds. The number of ether oxygens (including phenoxy) is 1. The lowest BCUT2D eigenvalue weighted by molar-refractivity contribution is -0.149. The highest BCUT2D eigenvalue weighted by Gasteiger charge is 2.38.